The molecule has 1 unspecified atom stereocenters. The van der Waals surface area contributed by atoms with Crippen molar-refractivity contribution in [2.24, 2.45) is 0 Å². The Hall–Kier alpha value is -0.670. The van der Waals surface area contributed by atoms with Crippen molar-refractivity contribution in [3.8, 4) is 0 Å². The van der Waals surface area contributed by atoms with E-state index in [-0.39, 0.29) is 17.2 Å². The largest absolute Gasteiger partial charge is 0.392 e. The monoisotopic (exact) mass is 270 g/mol. The molecule has 0 aliphatic rings. The Balaban J connectivity index is 3.28. The first-order chi connectivity index (χ1) is 7.11. The van der Waals surface area contributed by atoms with Crippen LogP contribution >= 0.6 is 15.9 Å². The number of hydrogen-bond acceptors (Lipinski definition) is 2. The second-order valence-corrected chi connectivity index (χ2v) is 4.82. The van der Waals surface area contributed by atoms with Crippen molar-refractivity contribution < 1.29 is 9.90 Å². The van der Waals surface area contributed by atoms with E-state index in [1.807, 2.05) is 19.1 Å². The fourth-order valence-corrected chi connectivity index (χ4v) is 1.82. The molecule has 1 rings (SSSR count). The summed E-state index contributed by atoms with van der Waals surface area (Å²) in [6.07, 6.45) is 0.800. The Bertz CT molecular complexity index is 336. The molecule has 1 aromatic rings. The number of aliphatic hydroxyl groups is 1. The van der Waals surface area contributed by atoms with Gasteiger partial charge in [-0.1, -0.05) is 41.1 Å². The highest BCUT2D eigenvalue weighted by atomic mass is 79.9. The lowest BCUT2D eigenvalue weighted by atomic mass is 9.95. The Kier molecular flexibility index (Phi) is 4.48. The molecule has 0 heterocycles. The molecule has 0 aromatic heterocycles. The van der Waals surface area contributed by atoms with Gasteiger partial charge in [-0.25, -0.2) is 0 Å². The summed E-state index contributed by atoms with van der Waals surface area (Å²) < 4.78 is 0. The molecule has 15 heavy (non-hydrogen) atoms. The number of aliphatic hydroxyl groups excluding tert-OH is 1. The van der Waals surface area contributed by atoms with Gasteiger partial charge in [0.05, 0.1) is 11.4 Å². The third-order valence-electron chi connectivity index (χ3n) is 2.40. The molecule has 1 N–H and O–H groups in total. The maximum atomic E-state index is 11.9. The number of rotatable bonds is 4. The van der Waals surface area contributed by atoms with Crippen LogP contribution in [0.15, 0.2) is 18.2 Å². The van der Waals surface area contributed by atoms with Gasteiger partial charge in [0.25, 0.3) is 0 Å². The van der Waals surface area contributed by atoms with Crippen LogP contribution in [-0.4, -0.2) is 15.7 Å². The predicted molar refractivity (Wildman–Crippen MR) is 64.5 cm³/mol. The number of carbonyl (C=O) groups is 1. The Morgan fingerprint density at radius 3 is 2.53 bits per heavy atom. The van der Waals surface area contributed by atoms with Crippen molar-refractivity contribution in [3.63, 3.8) is 0 Å². The normalized spacial score (nSPS) is 12.5. The van der Waals surface area contributed by atoms with Crippen LogP contribution in [0.4, 0.5) is 0 Å². The van der Waals surface area contributed by atoms with E-state index in [4.69, 9.17) is 0 Å². The van der Waals surface area contributed by atoms with E-state index in [1.54, 1.807) is 13.0 Å². The van der Waals surface area contributed by atoms with Crippen molar-refractivity contribution in [2.75, 3.05) is 0 Å². The summed E-state index contributed by atoms with van der Waals surface area (Å²) in [7, 11) is 0. The molecule has 0 aliphatic heterocycles. The van der Waals surface area contributed by atoms with Crippen molar-refractivity contribution in [3.05, 3.63) is 34.9 Å². The molecule has 0 saturated carbocycles. The summed E-state index contributed by atoms with van der Waals surface area (Å²) in [5, 5.41) is 9.20. The van der Waals surface area contributed by atoms with Crippen LogP contribution in [-0.2, 0) is 13.0 Å². The number of halogens is 1. The zero-order chi connectivity index (χ0) is 11.4. The van der Waals surface area contributed by atoms with Gasteiger partial charge in [-0.05, 0) is 24.5 Å². The van der Waals surface area contributed by atoms with E-state index in [0.29, 0.717) is 11.1 Å². The molecular formula is C12H15BrO2. The second-order valence-electron chi connectivity index (χ2n) is 3.44. The number of benzene rings is 1. The molecule has 0 aliphatic carbocycles. The second kappa shape index (κ2) is 5.42. The molecule has 0 radical (unpaired) electrons. The summed E-state index contributed by atoms with van der Waals surface area (Å²) in [6, 6.07) is 5.60. The fourth-order valence-electron chi connectivity index (χ4n) is 1.60. The third kappa shape index (κ3) is 2.67. The first-order valence-electron chi connectivity index (χ1n) is 5.01. The molecule has 0 amide bonds. The highest BCUT2D eigenvalue weighted by Crippen LogP contribution is 2.20. The van der Waals surface area contributed by atoms with Crippen LogP contribution < -0.4 is 0 Å². The van der Waals surface area contributed by atoms with Gasteiger partial charge in [0, 0.05) is 5.56 Å². The number of carbonyl (C=O) groups excluding carboxylic acids is 1. The first-order valence-corrected chi connectivity index (χ1v) is 5.93. The van der Waals surface area contributed by atoms with E-state index >= 15 is 0 Å². The van der Waals surface area contributed by atoms with Crippen LogP contribution in [0.5, 0.6) is 0 Å². The van der Waals surface area contributed by atoms with Gasteiger partial charge < -0.3 is 5.11 Å². The maximum absolute atomic E-state index is 11.9. The molecular weight excluding hydrogens is 256 g/mol. The zero-order valence-electron chi connectivity index (χ0n) is 8.96. The van der Waals surface area contributed by atoms with Gasteiger partial charge in [-0.3, -0.25) is 4.79 Å². The van der Waals surface area contributed by atoms with Crippen molar-refractivity contribution in [1.82, 2.24) is 0 Å². The summed E-state index contributed by atoms with van der Waals surface area (Å²) in [5.74, 6) is 0.0384. The van der Waals surface area contributed by atoms with Crippen LogP contribution in [0.25, 0.3) is 0 Å². The van der Waals surface area contributed by atoms with E-state index in [2.05, 4.69) is 15.9 Å². The van der Waals surface area contributed by atoms with Gasteiger partial charge in [0.2, 0.25) is 0 Å². The molecule has 0 saturated heterocycles. The van der Waals surface area contributed by atoms with Gasteiger partial charge >= 0.3 is 0 Å². The molecule has 0 fully saturated rings. The van der Waals surface area contributed by atoms with Crippen molar-refractivity contribution in [1.29, 1.82) is 0 Å². The minimum absolute atomic E-state index is 0.0384. The highest BCUT2D eigenvalue weighted by Gasteiger charge is 2.18. The van der Waals surface area contributed by atoms with Gasteiger partial charge in [0.15, 0.2) is 5.78 Å². The summed E-state index contributed by atoms with van der Waals surface area (Å²) in [6.45, 7) is 3.72. The average molecular weight is 271 g/mol. The topological polar surface area (TPSA) is 37.3 Å². The highest BCUT2D eigenvalue weighted by molar-refractivity contribution is 9.10. The number of aryl methyl sites for hydroxylation is 1. The van der Waals surface area contributed by atoms with Gasteiger partial charge in [-0.2, -0.15) is 0 Å². The minimum Gasteiger partial charge on any atom is -0.392 e. The average Bonchev–Trinajstić information content (AvgIpc) is 2.26. The molecule has 0 spiro atoms. The van der Waals surface area contributed by atoms with Crippen molar-refractivity contribution >= 4 is 21.7 Å². The first kappa shape index (κ1) is 12.4. The lowest BCUT2D eigenvalue weighted by Crippen LogP contribution is -2.15. The summed E-state index contributed by atoms with van der Waals surface area (Å²) in [5.41, 5.74) is 2.38. The van der Waals surface area contributed by atoms with E-state index in [0.717, 1.165) is 12.0 Å². The smallest absolute Gasteiger partial charge is 0.176 e. The van der Waals surface area contributed by atoms with E-state index in [9.17, 15) is 9.90 Å². The molecule has 3 heteroatoms. The molecule has 1 atom stereocenters. The maximum Gasteiger partial charge on any atom is 0.176 e. The Morgan fingerprint density at radius 2 is 2.07 bits per heavy atom. The SMILES string of the molecule is CCc1cccc(CO)c1C(=O)C(C)Br. The van der Waals surface area contributed by atoms with E-state index in [1.165, 1.54) is 0 Å². The lowest BCUT2D eigenvalue weighted by molar-refractivity contribution is 0.0992. The minimum atomic E-state index is -0.213. The number of Topliss-reactive ketones (excluding diaryl/α,β-unsaturated/α-hetero) is 1. The molecule has 2 nitrogen and oxygen atoms in total. The van der Waals surface area contributed by atoms with Crippen LogP contribution in [0.1, 0.15) is 35.3 Å². The van der Waals surface area contributed by atoms with Gasteiger partial charge in [-0.15, -0.1) is 0 Å². The third-order valence-corrected chi connectivity index (χ3v) is 2.81. The fraction of sp³-hybridized carbons (Fsp3) is 0.417. The number of hydrogen-bond donors (Lipinski definition) is 1. The zero-order valence-corrected chi connectivity index (χ0v) is 10.5. The van der Waals surface area contributed by atoms with Crippen molar-refractivity contribution in [2.45, 2.75) is 31.7 Å². The number of ketones is 1. The molecule has 0 bridgehead atoms. The molecule has 82 valence electrons. The summed E-state index contributed by atoms with van der Waals surface area (Å²) in [4.78, 5) is 11.7. The lowest BCUT2D eigenvalue weighted by Gasteiger charge is -2.12. The van der Waals surface area contributed by atoms with Crippen LogP contribution in [0.3, 0.4) is 0 Å². The van der Waals surface area contributed by atoms with Gasteiger partial charge in [0.1, 0.15) is 0 Å². The quantitative estimate of drug-likeness (QED) is 0.675. The standard InChI is InChI=1S/C12H15BrO2/c1-3-9-5-4-6-10(7-14)11(9)12(15)8(2)13/h4-6,8,14H,3,7H2,1-2H3. The van der Waals surface area contributed by atoms with Crippen LogP contribution in [0.2, 0.25) is 0 Å². The Morgan fingerprint density at radius 1 is 1.47 bits per heavy atom. The summed E-state index contributed by atoms with van der Waals surface area (Å²) >= 11 is 3.27. The number of alkyl halides is 1. The predicted octanol–water partition coefficient (Wildman–Crippen LogP) is 2.71. The van der Waals surface area contributed by atoms with E-state index < -0.39 is 0 Å². The molecule has 1 aromatic carbocycles. The Labute approximate surface area is 98.4 Å². The van der Waals surface area contributed by atoms with Crippen LogP contribution in [0, 0.1) is 0 Å².